The molecule has 15 heteroatoms. The van der Waals surface area contributed by atoms with E-state index in [-0.39, 0.29) is 34.2 Å². The van der Waals surface area contributed by atoms with Crippen molar-refractivity contribution in [3.8, 4) is 11.4 Å². The monoisotopic (exact) mass is 543 g/mol. The van der Waals surface area contributed by atoms with Crippen LogP contribution in [-0.4, -0.2) is 46.5 Å². The fraction of sp³-hybridized carbons (Fsp3) is 0.364. The molecule has 0 saturated heterocycles. The number of aryl methyl sites for hydroxylation is 2. The van der Waals surface area contributed by atoms with E-state index >= 15 is 4.39 Å². The molecule has 37 heavy (non-hydrogen) atoms. The first-order valence-corrected chi connectivity index (χ1v) is 11.4. The van der Waals surface area contributed by atoms with Gasteiger partial charge in [-0.25, -0.2) is 14.2 Å². The number of nitrogens with one attached hydrogen (secondary N) is 1. The van der Waals surface area contributed by atoms with Crippen LogP contribution in [0.4, 0.5) is 29.1 Å². The highest BCUT2D eigenvalue weighted by Gasteiger charge is 2.39. The van der Waals surface area contributed by atoms with Gasteiger partial charge in [-0.15, -0.1) is 5.10 Å². The van der Waals surface area contributed by atoms with E-state index in [2.05, 4.69) is 20.5 Å². The zero-order chi connectivity index (χ0) is 27.2. The van der Waals surface area contributed by atoms with Crippen LogP contribution in [0.1, 0.15) is 25.2 Å². The molecule has 4 aromatic rings. The number of halogens is 5. The van der Waals surface area contributed by atoms with Crippen LogP contribution in [0.3, 0.4) is 0 Å². The van der Waals surface area contributed by atoms with Crippen molar-refractivity contribution in [2.45, 2.75) is 46.2 Å². The Morgan fingerprint density at radius 2 is 2.00 bits per heavy atom. The molecule has 0 amide bonds. The molecule has 1 atom stereocenters. The summed E-state index contributed by atoms with van der Waals surface area (Å²) < 4.78 is 64.4. The van der Waals surface area contributed by atoms with E-state index in [0.717, 1.165) is 22.2 Å². The fourth-order valence-corrected chi connectivity index (χ4v) is 4.06. The van der Waals surface area contributed by atoms with Crippen molar-refractivity contribution in [2.75, 3.05) is 5.32 Å². The van der Waals surface area contributed by atoms with Crippen LogP contribution in [0, 0.1) is 12.7 Å². The number of alkyl halides is 3. The Hall–Kier alpha value is -3.65. The minimum absolute atomic E-state index is 0.0483. The lowest BCUT2D eigenvalue weighted by molar-refractivity contribution is -0.188. The number of hydrogen-bond donors (Lipinski definition) is 2. The molecule has 0 aliphatic rings. The second-order valence-corrected chi connectivity index (χ2v) is 8.49. The predicted octanol–water partition coefficient (Wildman–Crippen LogP) is 4.00. The van der Waals surface area contributed by atoms with Gasteiger partial charge in [0, 0.05) is 25.9 Å². The molecule has 2 N–H and O–H groups in total. The van der Waals surface area contributed by atoms with Crippen LogP contribution in [0.2, 0.25) is 5.15 Å². The SMILES string of the molecule is CCn1c(CO)nn(-c2cc(O[C@@H](C)C(F)(F)F)c3c(Nc4c(C)ccnc4Cl)nn(C)c3c2F)c1=O. The number of ether oxygens (including phenoxy) is 1. The molecule has 0 bridgehead atoms. The molecule has 198 valence electrons. The van der Waals surface area contributed by atoms with Crippen LogP contribution in [0.5, 0.6) is 5.75 Å². The highest BCUT2D eigenvalue weighted by atomic mass is 35.5. The Bertz CT molecular complexity index is 1520. The molecule has 0 fully saturated rings. The van der Waals surface area contributed by atoms with Gasteiger partial charge in [0.15, 0.2) is 28.7 Å². The van der Waals surface area contributed by atoms with Gasteiger partial charge in [-0.1, -0.05) is 11.6 Å². The smallest absolute Gasteiger partial charge is 0.425 e. The van der Waals surface area contributed by atoms with Crippen LogP contribution < -0.4 is 15.7 Å². The number of rotatable bonds is 7. The lowest BCUT2D eigenvalue weighted by Crippen LogP contribution is -2.31. The molecule has 3 aromatic heterocycles. The summed E-state index contributed by atoms with van der Waals surface area (Å²) in [5.41, 5.74) is -0.568. The minimum atomic E-state index is -4.75. The van der Waals surface area contributed by atoms with Gasteiger partial charge in [-0.2, -0.15) is 23.0 Å². The first-order chi connectivity index (χ1) is 17.4. The minimum Gasteiger partial charge on any atom is -0.480 e. The van der Waals surface area contributed by atoms with Crippen LogP contribution in [0.15, 0.2) is 23.1 Å². The van der Waals surface area contributed by atoms with E-state index in [9.17, 15) is 23.1 Å². The van der Waals surface area contributed by atoms with Gasteiger partial charge in [0.2, 0.25) is 0 Å². The Kier molecular flexibility index (Phi) is 6.90. The normalized spacial score (nSPS) is 12.8. The van der Waals surface area contributed by atoms with Crippen LogP contribution >= 0.6 is 11.6 Å². The molecule has 3 heterocycles. The summed E-state index contributed by atoms with van der Waals surface area (Å²) in [4.78, 5) is 16.9. The summed E-state index contributed by atoms with van der Waals surface area (Å²) in [5, 5.41) is 20.6. The third kappa shape index (κ3) is 4.62. The largest absolute Gasteiger partial charge is 0.480 e. The van der Waals surface area contributed by atoms with E-state index in [4.69, 9.17) is 16.3 Å². The number of aliphatic hydroxyl groups excluding tert-OH is 1. The quantitative estimate of drug-likeness (QED) is 0.268. The predicted molar refractivity (Wildman–Crippen MR) is 127 cm³/mol. The van der Waals surface area contributed by atoms with Gasteiger partial charge in [0.1, 0.15) is 23.6 Å². The molecular formula is C22H22ClF4N7O3. The topological polar surface area (TPSA) is 112 Å². The second-order valence-electron chi connectivity index (χ2n) is 8.14. The molecule has 0 aliphatic carbocycles. The second kappa shape index (κ2) is 9.67. The van der Waals surface area contributed by atoms with Gasteiger partial charge < -0.3 is 15.2 Å². The van der Waals surface area contributed by atoms with Gasteiger partial charge >= 0.3 is 11.9 Å². The highest BCUT2D eigenvalue weighted by molar-refractivity contribution is 6.32. The van der Waals surface area contributed by atoms with Crippen molar-refractivity contribution >= 4 is 34.0 Å². The summed E-state index contributed by atoms with van der Waals surface area (Å²) >= 11 is 6.19. The number of aliphatic hydroxyl groups is 1. The molecule has 0 unspecified atom stereocenters. The number of fused-ring (bicyclic) bond motifs is 1. The summed E-state index contributed by atoms with van der Waals surface area (Å²) in [7, 11) is 1.38. The Balaban J connectivity index is 2.01. The third-order valence-electron chi connectivity index (χ3n) is 5.74. The highest BCUT2D eigenvalue weighted by Crippen LogP contribution is 2.40. The number of nitrogens with zero attached hydrogens (tertiary/aromatic N) is 6. The van der Waals surface area contributed by atoms with Gasteiger partial charge in [-0.3, -0.25) is 9.25 Å². The van der Waals surface area contributed by atoms with Crippen molar-refractivity contribution in [3.63, 3.8) is 0 Å². The Morgan fingerprint density at radius 1 is 1.30 bits per heavy atom. The Labute approximate surface area is 212 Å². The number of anilines is 2. The van der Waals surface area contributed by atoms with Gasteiger partial charge in [-0.05, 0) is 32.4 Å². The summed E-state index contributed by atoms with van der Waals surface area (Å²) in [6.07, 6.45) is -5.56. The van der Waals surface area contributed by atoms with E-state index in [1.807, 2.05) is 0 Å². The molecular weight excluding hydrogens is 522 g/mol. The zero-order valence-corrected chi connectivity index (χ0v) is 20.8. The first-order valence-electron chi connectivity index (χ1n) is 11.0. The van der Waals surface area contributed by atoms with Crippen molar-refractivity contribution in [2.24, 2.45) is 7.05 Å². The summed E-state index contributed by atoms with van der Waals surface area (Å²) in [6.45, 7) is 3.65. The fourth-order valence-electron chi connectivity index (χ4n) is 3.80. The van der Waals surface area contributed by atoms with Crippen LogP contribution in [0.25, 0.3) is 16.6 Å². The molecule has 0 aliphatic heterocycles. The van der Waals surface area contributed by atoms with Crippen molar-refractivity contribution in [3.05, 3.63) is 51.2 Å². The maximum Gasteiger partial charge on any atom is 0.425 e. The lowest BCUT2D eigenvalue weighted by atomic mass is 10.1. The summed E-state index contributed by atoms with van der Waals surface area (Å²) in [5.74, 6) is -1.50. The average molecular weight is 544 g/mol. The zero-order valence-electron chi connectivity index (χ0n) is 20.1. The van der Waals surface area contributed by atoms with Crippen LogP contribution in [-0.2, 0) is 20.2 Å². The standard InChI is InChI=1S/C22H22ClF4N7O3/c1-5-33-14(9-35)30-34(21(33)36)12-8-13(37-11(3)22(25,26)27)15-18(16(12)24)32(4)31-20(15)29-17-10(2)6-7-28-19(17)23/h6-8,11,35H,5,9H2,1-4H3,(H,29,31)/t11-/m0/s1. The molecule has 10 nitrogen and oxygen atoms in total. The van der Waals surface area contributed by atoms with Gasteiger partial charge in [0.05, 0.1) is 11.1 Å². The Morgan fingerprint density at radius 3 is 2.57 bits per heavy atom. The van der Waals surface area contributed by atoms with E-state index in [1.165, 1.54) is 13.2 Å². The van der Waals surface area contributed by atoms with Crippen molar-refractivity contribution in [1.82, 2.24) is 29.1 Å². The molecule has 0 saturated carbocycles. The summed E-state index contributed by atoms with van der Waals surface area (Å²) in [6, 6.07) is 2.59. The van der Waals surface area contributed by atoms with Crippen molar-refractivity contribution in [1.29, 1.82) is 0 Å². The average Bonchev–Trinajstić information content (AvgIpc) is 3.33. The first kappa shape index (κ1) is 26.4. The molecule has 1 aromatic carbocycles. The lowest BCUT2D eigenvalue weighted by Gasteiger charge is -2.19. The maximum absolute atomic E-state index is 15.9. The number of benzene rings is 1. The molecule has 0 spiro atoms. The van der Waals surface area contributed by atoms with E-state index in [0.29, 0.717) is 15.9 Å². The molecule has 4 rings (SSSR count). The third-order valence-corrected chi connectivity index (χ3v) is 6.03. The van der Waals surface area contributed by atoms with E-state index in [1.54, 1.807) is 19.9 Å². The van der Waals surface area contributed by atoms with Gasteiger partial charge in [0.25, 0.3) is 0 Å². The number of aromatic nitrogens is 6. The molecule has 0 radical (unpaired) electrons. The number of hydrogen-bond acceptors (Lipinski definition) is 7. The van der Waals surface area contributed by atoms with Crippen molar-refractivity contribution < 1.29 is 27.4 Å². The number of pyridine rings is 1. The van der Waals surface area contributed by atoms with E-state index < -0.39 is 41.8 Å². The maximum atomic E-state index is 15.9.